The Morgan fingerprint density at radius 2 is 1.23 bits per heavy atom. The number of aliphatic hydroxyl groups excluding tert-OH is 14. The molecule has 24 nitrogen and oxygen atoms in total. The molecule has 6 heterocycles. The largest absolute Gasteiger partial charge is 0.394 e. The third-order valence-corrected chi connectivity index (χ3v) is 19.6. The van der Waals surface area contributed by atoms with Crippen LogP contribution in [0.4, 0.5) is 0 Å². The average Bonchev–Trinajstić information content (AvgIpc) is 3.83. The van der Waals surface area contributed by atoms with Crippen molar-refractivity contribution in [3.63, 3.8) is 0 Å². The van der Waals surface area contributed by atoms with Gasteiger partial charge in [-0.2, -0.15) is 0 Å². The summed E-state index contributed by atoms with van der Waals surface area (Å²) < 4.78 is 60.8. The van der Waals surface area contributed by atoms with E-state index in [2.05, 4.69) is 33.8 Å². The van der Waals surface area contributed by atoms with Gasteiger partial charge in [0.05, 0.1) is 57.5 Å². The number of ether oxygens (including phenoxy) is 10. The maximum absolute atomic E-state index is 12.3. The Hall–Kier alpha value is -1.22. The van der Waals surface area contributed by atoms with Gasteiger partial charge in [0.2, 0.25) is 0 Å². The molecule has 0 radical (unpaired) electrons. The summed E-state index contributed by atoms with van der Waals surface area (Å²) in [6, 6.07) is 0. The topological polar surface area (TPSA) is 376 Å². The van der Waals surface area contributed by atoms with E-state index in [0.717, 1.165) is 31.3 Å². The Morgan fingerprint density at radius 3 is 1.92 bits per heavy atom. The van der Waals surface area contributed by atoms with Crippen LogP contribution < -0.4 is 0 Å². The normalized spacial score (nSPS) is 57.5. The minimum Gasteiger partial charge on any atom is -0.394 e. The second-order valence-corrected chi connectivity index (χ2v) is 23.7. The van der Waals surface area contributed by atoms with E-state index in [-0.39, 0.29) is 54.0 Å². The van der Waals surface area contributed by atoms with Gasteiger partial charge in [-0.15, -0.1) is 0 Å². The second-order valence-electron chi connectivity index (χ2n) is 23.7. The Bertz CT molecular complexity index is 1960. The van der Waals surface area contributed by atoms with Crippen molar-refractivity contribution in [2.24, 2.45) is 46.3 Å². The van der Waals surface area contributed by atoms with Gasteiger partial charge in [-0.3, -0.25) is 0 Å². The van der Waals surface area contributed by atoms with E-state index in [1.165, 1.54) is 0 Å². The van der Waals surface area contributed by atoms with Gasteiger partial charge < -0.3 is 119 Å². The molecular weight excluding hydrogens is 985 g/mol. The lowest BCUT2D eigenvalue weighted by atomic mass is 9.46. The van der Waals surface area contributed by atoms with E-state index >= 15 is 0 Å². The molecule has 0 bridgehead atoms. The highest BCUT2D eigenvalue weighted by atomic mass is 16.8. The van der Waals surface area contributed by atoms with Gasteiger partial charge in [-0.1, -0.05) is 39.3 Å². The molecule has 6 aliphatic heterocycles. The third-order valence-electron chi connectivity index (χ3n) is 19.6. The molecule has 9 fully saturated rings. The minimum absolute atomic E-state index is 0.0266. The first kappa shape index (κ1) is 56.1. The lowest BCUT2D eigenvalue weighted by Gasteiger charge is -2.60. The Morgan fingerprint density at radius 1 is 0.608 bits per heavy atom. The molecule has 3 saturated carbocycles. The molecule has 0 aromatic carbocycles. The lowest BCUT2D eigenvalue weighted by Crippen LogP contribution is -2.68. The monoisotopic (exact) mass is 1060 g/mol. The van der Waals surface area contributed by atoms with Crippen LogP contribution in [-0.4, -0.2) is 251 Å². The molecular formula is C50H80O24. The molecule has 0 aromatic heterocycles. The molecule has 24 heteroatoms. The molecule has 424 valence electrons. The standard InChI is InChI=1S/C50H80O24/c1-18-7-8-50(66-16-18)19(2)32-27(74-50)10-23-21-6-5-20-9-26(24(54)12-48(20,3)22(21)11-31(56)49(23,32)4)67-45-40(64)37(61)41(30(15-53)70-45)71-47-43(73-46-39(63)36(60)34(58)28(13-51)68-46)42(35(59)29(14-52)69-47)72-44-38(62)33(57)25(55)17-65-44/h5,18-19,21-47,51-64H,6-17H2,1-4H3/t18-,19+,21-,22+,23+,24-,25-,26-,27+,28-,29-,30-,31-,32+,33+,34-,35-,36+,37-,38-,39-,40-,41+,42+,43-,44+,45-,46+,47+,48+,49-,50-/m1/s1. The highest BCUT2D eigenvalue weighted by molar-refractivity contribution is 5.28. The number of aliphatic hydroxyl groups is 14. The lowest BCUT2D eigenvalue weighted by molar-refractivity contribution is -0.404. The van der Waals surface area contributed by atoms with Gasteiger partial charge in [0, 0.05) is 23.7 Å². The van der Waals surface area contributed by atoms with Crippen molar-refractivity contribution in [3.8, 4) is 0 Å². The van der Waals surface area contributed by atoms with Crippen LogP contribution >= 0.6 is 0 Å². The fraction of sp³-hybridized carbons (Fsp3) is 0.960. The summed E-state index contributed by atoms with van der Waals surface area (Å²) in [6.45, 7) is 6.28. The summed E-state index contributed by atoms with van der Waals surface area (Å²) in [4.78, 5) is 0. The molecule has 0 aromatic rings. The summed E-state index contributed by atoms with van der Waals surface area (Å²) in [7, 11) is 0. The Balaban J connectivity index is 0.844. The number of rotatable bonds is 11. The van der Waals surface area contributed by atoms with Crippen LogP contribution in [0.3, 0.4) is 0 Å². The van der Waals surface area contributed by atoms with E-state index in [9.17, 15) is 71.5 Å². The molecule has 14 N–H and O–H groups in total. The van der Waals surface area contributed by atoms with Crippen molar-refractivity contribution in [2.75, 3.05) is 33.0 Å². The fourth-order valence-electron chi connectivity index (χ4n) is 15.3. The summed E-state index contributed by atoms with van der Waals surface area (Å²) in [5, 5.41) is 153. The van der Waals surface area contributed by atoms with Crippen LogP contribution in [0.1, 0.15) is 72.6 Å². The predicted molar refractivity (Wildman–Crippen MR) is 245 cm³/mol. The van der Waals surface area contributed by atoms with Crippen molar-refractivity contribution in [2.45, 2.75) is 220 Å². The van der Waals surface area contributed by atoms with Crippen molar-refractivity contribution < 1.29 is 119 Å². The Labute approximate surface area is 428 Å². The maximum Gasteiger partial charge on any atom is 0.187 e. The van der Waals surface area contributed by atoms with Gasteiger partial charge in [0.25, 0.3) is 0 Å². The van der Waals surface area contributed by atoms with Gasteiger partial charge in [0.15, 0.2) is 30.9 Å². The first-order valence-electron chi connectivity index (χ1n) is 26.6. The molecule has 1 spiro atoms. The molecule has 32 atom stereocenters. The van der Waals surface area contributed by atoms with Gasteiger partial charge >= 0.3 is 0 Å². The molecule has 6 saturated heterocycles. The van der Waals surface area contributed by atoms with Crippen LogP contribution in [0, 0.1) is 46.3 Å². The number of fused-ring (bicyclic) bond motifs is 7. The molecule has 4 aliphatic carbocycles. The number of allylic oxidation sites excluding steroid dienone is 1. The SMILES string of the molecule is C[C@@H]1CC[C@@]2(OC1)O[C@H]1C[C@H]3[C@@H]4CC=C5C[C@@H](O[C@@H]6O[C@H](CO)[C@H](O[C@@H]7O[C@H](CO)[C@@H](O)[C@H](O[C@@H]8OC[C@@H](O)[C@H](O)[C@H]8O)[C@H]7O[C@@H]7O[C@H](CO)[C@@H](O)[C@H](O)[C@H]7O)[C@H](O)[C@H]6O)[C@H](O)C[C@]5(C)[C@H]4C[C@@H](O)[C@]3(C)[C@H]1[C@@H]2C. The zero-order valence-corrected chi connectivity index (χ0v) is 42.1. The summed E-state index contributed by atoms with van der Waals surface area (Å²) >= 11 is 0. The van der Waals surface area contributed by atoms with Crippen molar-refractivity contribution in [1.29, 1.82) is 0 Å². The second kappa shape index (κ2) is 21.4. The van der Waals surface area contributed by atoms with Crippen LogP contribution in [0.2, 0.25) is 0 Å². The molecule has 10 rings (SSSR count). The fourth-order valence-corrected chi connectivity index (χ4v) is 15.3. The third kappa shape index (κ3) is 9.27. The van der Waals surface area contributed by atoms with Gasteiger partial charge in [0.1, 0.15) is 91.6 Å². The smallest absolute Gasteiger partial charge is 0.187 e. The van der Waals surface area contributed by atoms with Crippen molar-refractivity contribution >= 4 is 0 Å². The van der Waals surface area contributed by atoms with Crippen LogP contribution in [0.5, 0.6) is 0 Å². The Kier molecular flexibility index (Phi) is 16.2. The minimum atomic E-state index is -2.03. The zero-order chi connectivity index (χ0) is 53.1. The quantitative estimate of drug-likeness (QED) is 0.0869. The predicted octanol–water partition coefficient (Wildman–Crippen LogP) is -4.41. The zero-order valence-electron chi connectivity index (χ0n) is 42.1. The van der Waals surface area contributed by atoms with Gasteiger partial charge in [-0.25, -0.2) is 0 Å². The summed E-state index contributed by atoms with van der Waals surface area (Å²) in [5.41, 5.74) is 0.148. The van der Waals surface area contributed by atoms with Crippen molar-refractivity contribution in [3.05, 3.63) is 11.6 Å². The van der Waals surface area contributed by atoms with E-state index in [1.807, 2.05) is 0 Å². The highest BCUT2D eigenvalue weighted by Gasteiger charge is 2.71. The van der Waals surface area contributed by atoms with Crippen LogP contribution in [0.15, 0.2) is 11.6 Å². The molecule has 10 aliphatic rings. The average molecular weight is 1070 g/mol. The van der Waals surface area contributed by atoms with Crippen LogP contribution in [-0.2, 0) is 47.4 Å². The highest BCUT2D eigenvalue weighted by Crippen LogP contribution is 2.71. The first-order valence-corrected chi connectivity index (χ1v) is 26.6. The summed E-state index contributed by atoms with van der Waals surface area (Å²) in [6.07, 6.45) is -30.1. The van der Waals surface area contributed by atoms with E-state index < -0.39 is 173 Å². The number of hydrogen-bond donors (Lipinski definition) is 14. The van der Waals surface area contributed by atoms with E-state index in [0.29, 0.717) is 18.9 Å². The summed E-state index contributed by atoms with van der Waals surface area (Å²) in [5.74, 6) is 0.561. The van der Waals surface area contributed by atoms with E-state index in [4.69, 9.17) is 47.4 Å². The molecule has 74 heavy (non-hydrogen) atoms. The van der Waals surface area contributed by atoms with Gasteiger partial charge in [-0.05, 0) is 67.6 Å². The van der Waals surface area contributed by atoms with E-state index in [1.54, 1.807) is 0 Å². The van der Waals surface area contributed by atoms with Crippen LogP contribution in [0.25, 0.3) is 0 Å². The van der Waals surface area contributed by atoms with Crippen molar-refractivity contribution in [1.82, 2.24) is 0 Å². The first-order chi connectivity index (χ1) is 35.1. The maximum atomic E-state index is 12.3. The molecule has 0 amide bonds. The molecule has 0 unspecified atom stereocenters. The number of hydrogen-bond acceptors (Lipinski definition) is 24.